The molecule has 0 aromatic carbocycles. The molecule has 0 bridgehead atoms. The molecular formula is C66H114O6. The van der Waals surface area contributed by atoms with Crippen molar-refractivity contribution in [3.63, 3.8) is 0 Å². The van der Waals surface area contributed by atoms with Crippen molar-refractivity contribution in [1.29, 1.82) is 0 Å². The molecule has 0 radical (unpaired) electrons. The molecule has 0 heterocycles. The highest BCUT2D eigenvalue weighted by atomic mass is 16.6. The van der Waals surface area contributed by atoms with Gasteiger partial charge in [-0.15, -0.1) is 0 Å². The number of hydrogen-bond acceptors (Lipinski definition) is 6. The summed E-state index contributed by atoms with van der Waals surface area (Å²) in [4.78, 5) is 38.3. The molecule has 1 atom stereocenters. The Bertz CT molecular complexity index is 1380. The first kappa shape index (κ1) is 68.6. The molecule has 6 heteroatoms. The van der Waals surface area contributed by atoms with Gasteiger partial charge < -0.3 is 14.2 Å². The first-order valence-corrected chi connectivity index (χ1v) is 30.6. The number of carbonyl (C=O) groups is 3. The van der Waals surface area contributed by atoms with E-state index >= 15 is 0 Å². The molecule has 0 aliphatic heterocycles. The van der Waals surface area contributed by atoms with Crippen LogP contribution < -0.4 is 0 Å². The molecule has 0 aliphatic carbocycles. The monoisotopic (exact) mass is 1000 g/mol. The van der Waals surface area contributed by atoms with E-state index in [4.69, 9.17) is 14.2 Å². The van der Waals surface area contributed by atoms with Crippen LogP contribution in [0.2, 0.25) is 0 Å². The molecule has 0 saturated carbocycles. The Morgan fingerprint density at radius 3 is 0.875 bits per heavy atom. The maximum Gasteiger partial charge on any atom is 0.306 e. The molecule has 0 N–H and O–H groups in total. The molecule has 6 nitrogen and oxygen atoms in total. The first-order chi connectivity index (χ1) is 35.5. The van der Waals surface area contributed by atoms with Gasteiger partial charge in [0.25, 0.3) is 0 Å². The molecule has 1 unspecified atom stereocenters. The standard InChI is InChI=1S/C66H114O6/c1-4-7-10-13-16-19-22-25-28-31-33-35-38-41-44-47-50-53-56-59-65(68)71-62-63(61-70-64(67)58-55-52-49-46-43-40-37-30-27-24-21-18-15-12-9-6-3)72-66(69)60-57-54-51-48-45-42-39-36-34-32-29-26-23-20-17-14-11-8-5-2/h7,10,16,19,25,28,30,32-35,37,41,44,63H,4-6,8-9,11-15,17-18,20-24,26-27,29,31,36,38-40,42-43,45-62H2,1-3H3/b10-7-,19-16-,28-25-,34-32-,35-33-,37-30-,44-41-. The fourth-order valence-electron chi connectivity index (χ4n) is 8.52. The van der Waals surface area contributed by atoms with Gasteiger partial charge in [0.15, 0.2) is 6.10 Å². The average molecular weight is 1000 g/mol. The van der Waals surface area contributed by atoms with Crippen LogP contribution in [0.3, 0.4) is 0 Å². The maximum absolute atomic E-state index is 12.9. The summed E-state index contributed by atoms with van der Waals surface area (Å²) in [6, 6.07) is 0. The minimum atomic E-state index is -0.797. The van der Waals surface area contributed by atoms with E-state index in [0.717, 1.165) is 103 Å². The summed E-state index contributed by atoms with van der Waals surface area (Å²) in [7, 11) is 0. The molecule has 414 valence electrons. The van der Waals surface area contributed by atoms with Crippen LogP contribution in [0.5, 0.6) is 0 Å². The molecule has 0 saturated heterocycles. The molecule has 0 aliphatic rings. The van der Waals surface area contributed by atoms with E-state index in [9.17, 15) is 14.4 Å². The van der Waals surface area contributed by atoms with Crippen LogP contribution in [0.25, 0.3) is 0 Å². The zero-order chi connectivity index (χ0) is 52.2. The molecule has 0 aromatic rings. The van der Waals surface area contributed by atoms with Crippen molar-refractivity contribution < 1.29 is 28.6 Å². The predicted octanol–water partition coefficient (Wildman–Crippen LogP) is 20.7. The first-order valence-electron chi connectivity index (χ1n) is 30.6. The topological polar surface area (TPSA) is 78.9 Å². The highest BCUT2D eigenvalue weighted by molar-refractivity contribution is 5.71. The molecule has 0 aromatic heterocycles. The smallest absolute Gasteiger partial charge is 0.306 e. The lowest BCUT2D eigenvalue weighted by molar-refractivity contribution is -0.167. The van der Waals surface area contributed by atoms with Gasteiger partial charge in [-0.2, -0.15) is 0 Å². The number of allylic oxidation sites excluding steroid dienone is 14. The fraction of sp³-hybridized carbons (Fsp3) is 0.742. The van der Waals surface area contributed by atoms with Crippen LogP contribution in [0, 0.1) is 0 Å². The summed E-state index contributed by atoms with van der Waals surface area (Å²) in [5.41, 5.74) is 0. The van der Waals surface area contributed by atoms with Gasteiger partial charge in [0.05, 0.1) is 0 Å². The predicted molar refractivity (Wildman–Crippen MR) is 311 cm³/mol. The fourth-order valence-corrected chi connectivity index (χ4v) is 8.52. The van der Waals surface area contributed by atoms with Crippen molar-refractivity contribution in [2.24, 2.45) is 0 Å². The van der Waals surface area contributed by atoms with Gasteiger partial charge in [0.1, 0.15) is 13.2 Å². The number of carbonyl (C=O) groups excluding carboxylic acids is 3. The van der Waals surface area contributed by atoms with Crippen molar-refractivity contribution in [2.75, 3.05) is 13.2 Å². The van der Waals surface area contributed by atoms with Crippen LogP contribution in [-0.2, 0) is 28.6 Å². The van der Waals surface area contributed by atoms with Gasteiger partial charge in [-0.25, -0.2) is 0 Å². The lowest BCUT2D eigenvalue weighted by Gasteiger charge is -2.18. The number of ether oxygens (including phenoxy) is 3. The van der Waals surface area contributed by atoms with E-state index in [1.165, 1.54) is 154 Å². The van der Waals surface area contributed by atoms with Gasteiger partial charge >= 0.3 is 17.9 Å². The van der Waals surface area contributed by atoms with E-state index in [0.29, 0.717) is 19.3 Å². The summed E-state index contributed by atoms with van der Waals surface area (Å²) in [6.07, 6.45) is 78.6. The summed E-state index contributed by atoms with van der Waals surface area (Å²) in [5, 5.41) is 0. The summed E-state index contributed by atoms with van der Waals surface area (Å²) in [5.74, 6) is -0.928. The van der Waals surface area contributed by atoms with Crippen molar-refractivity contribution in [3.05, 3.63) is 85.1 Å². The molecule has 0 spiro atoms. The molecular weight excluding hydrogens is 889 g/mol. The highest BCUT2D eigenvalue weighted by Crippen LogP contribution is 2.15. The third kappa shape index (κ3) is 57.5. The average Bonchev–Trinajstić information content (AvgIpc) is 3.38. The molecule has 72 heavy (non-hydrogen) atoms. The van der Waals surface area contributed by atoms with Crippen molar-refractivity contribution in [2.45, 2.75) is 303 Å². The van der Waals surface area contributed by atoms with E-state index in [1.807, 2.05) is 0 Å². The van der Waals surface area contributed by atoms with E-state index < -0.39 is 6.10 Å². The lowest BCUT2D eigenvalue weighted by Crippen LogP contribution is -2.30. The minimum Gasteiger partial charge on any atom is -0.462 e. The van der Waals surface area contributed by atoms with Crippen LogP contribution in [0.4, 0.5) is 0 Å². The van der Waals surface area contributed by atoms with Gasteiger partial charge in [0.2, 0.25) is 0 Å². The highest BCUT2D eigenvalue weighted by Gasteiger charge is 2.19. The largest absolute Gasteiger partial charge is 0.462 e. The van der Waals surface area contributed by atoms with Crippen molar-refractivity contribution >= 4 is 17.9 Å². The summed E-state index contributed by atoms with van der Waals surface area (Å²) < 4.78 is 16.9. The van der Waals surface area contributed by atoms with Crippen LogP contribution >= 0.6 is 0 Å². The Labute approximate surface area is 445 Å². The maximum atomic E-state index is 12.9. The summed E-state index contributed by atoms with van der Waals surface area (Å²) >= 11 is 0. The van der Waals surface area contributed by atoms with Crippen LogP contribution in [0.1, 0.15) is 297 Å². The summed E-state index contributed by atoms with van der Waals surface area (Å²) in [6.45, 7) is 6.51. The van der Waals surface area contributed by atoms with Crippen molar-refractivity contribution in [1.82, 2.24) is 0 Å². The zero-order valence-electron chi connectivity index (χ0n) is 47.4. The van der Waals surface area contributed by atoms with E-state index in [-0.39, 0.29) is 31.1 Å². The quantitative estimate of drug-likeness (QED) is 0.0261. The van der Waals surface area contributed by atoms with E-state index in [1.54, 1.807) is 0 Å². The molecule has 0 fully saturated rings. The number of rotatable bonds is 55. The lowest BCUT2D eigenvalue weighted by atomic mass is 10.1. The second kappa shape index (κ2) is 60.1. The number of hydrogen-bond donors (Lipinski definition) is 0. The zero-order valence-corrected chi connectivity index (χ0v) is 47.4. The second-order valence-corrected chi connectivity index (χ2v) is 20.2. The third-order valence-electron chi connectivity index (χ3n) is 13.1. The van der Waals surface area contributed by atoms with Crippen LogP contribution in [0.15, 0.2) is 85.1 Å². The van der Waals surface area contributed by atoms with Crippen molar-refractivity contribution in [3.8, 4) is 0 Å². The van der Waals surface area contributed by atoms with Gasteiger partial charge in [-0.3, -0.25) is 14.4 Å². The Balaban J connectivity index is 4.45. The van der Waals surface area contributed by atoms with Crippen LogP contribution in [-0.4, -0.2) is 37.2 Å². The van der Waals surface area contributed by atoms with Gasteiger partial charge in [-0.05, 0) is 116 Å². The second-order valence-electron chi connectivity index (χ2n) is 20.2. The van der Waals surface area contributed by atoms with E-state index in [2.05, 4.69) is 106 Å². The molecule has 0 amide bonds. The normalized spacial score (nSPS) is 12.7. The number of unbranched alkanes of at least 4 members (excludes halogenated alkanes) is 30. The Hall–Kier alpha value is -3.41. The third-order valence-corrected chi connectivity index (χ3v) is 13.1. The minimum absolute atomic E-state index is 0.0926. The Morgan fingerprint density at radius 1 is 0.292 bits per heavy atom. The van der Waals surface area contributed by atoms with Gasteiger partial charge in [0, 0.05) is 19.3 Å². The SMILES string of the molecule is CC/C=C\C/C=C\C/C=C\C/C=C\C/C=C\CCCCCC(=O)OCC(COC(=O)CCCCCCC/C=C\CCCCCCCCC)OC(=O)CCCCCCCCC/C=C\CCCCCCCCCC. The van der Waals surface area contributed by atoms with Gasteiger partial charge in [-0.1, -0.05) is 247 Å². The number of esters is 3. The Kier molecular flexibility index (Phi) is 57.3. The molecule has 0 rings (SSSR count). The Morgan fingerprint density at radius 2 is 0.542 bits per heavy atom.